The largest absolute Gasteiger partial charge is 0.396 e. The van der Waals surface area contributed by atoms with E-state index in [0.29, 0.717) is 11.3 Å². The maximum absolute atomic E-state index is 10.2. The third kappa shape index (κ3) is 5.31. The Hall–Kier alpha value is -3.45. The average molecular weight is 440 g/mol. The van der Waals surface area contributed by atoms with Crippen LogP contribution in [0.25, 0.3) is 4.85 Å². The molecule has 0 amide bonds. The van der Waals surface area contributed by atoms with Crippen molar-refractivity contribution in [2.75, 3.05) is 19.7 Å². The third-order valence-corrected chi connectivity index (χ3v) is 6.84. The van der Waals surface area contributed by atoms with Crippen molar-refractivity contribution in [1.82, 2.24) is 14.5 Å². The molecule has 0 spiro atoms. The molecular weight excluding hydrogens is 410 g/mol. The van der Waals surface area contributed by atoms with Gasteiger partial charge in [-0.15, -0.1) is 0 Å². The fourth-order valence-corrected chi connectivity index (χ4v) is 4.65. The molecule has 0 atom stereocenters. The minimum absolute atomic E-state index is 0.106. The van der Waals surface area contributed by atoms with Crippen molar-refractivity contribution in [3.63, 3.8) is 0 Å². The Bertz CT molecular complexity index is 1160. The van der Waals surface area contributed by atoms with Crippen molar-refractivity contribution in [3.05, 3.63) is 94.4 Å². The molecule has 0 radical (unpaired) electrons. The van der Waals surface area contributed by atoms with E-state index in [9.17, 15) is 5.11 Å². The summed E-state index contributed by atoms with van der Waals surface area (Å²) in [4.78, 5) is 10.5. The van der Waals surface area contributed by atoms with Crippen LogP contribution in [0.15, 0.2) is 54.7 Å². The van der Waals surface area contributed by atoms with Crippen molar-refractivity contribution in [1.29, 1.82) is 5.26 Å². The molecule has 3 aromatic rings. The number of aryl methyl sites for hydroxylation is 1. The zero-order valence-electron chi connectivity index (χ0n) is 19.0. The van der Waals surface area contributed by atoms with Gasteiger partial charge in [-0.05, 0) is 68.0 Å². The lowest BCUT2D eigenvalue weighted by atomic mass is 9.74. The summed E-state index contributed by atoms with van der Waals surface area (Å²) in [6.07, 6.45) is 4.68. The van der Waals surface area contributed by atoms with Crippen LogP contribution in [0.5, 0.6) is 0 Å². The van der Waals surface area contributed by atoms with Crippen LogP contribution in [0.4, 0.5) is 5.69 Å². The smallest absolute Gasteiger partial charge is 0.187 e. The lowest BCUT2D eigenvalue weighted by Crippen LogP contribution is -2.43. The molecule has 2 aromatic carbocycles. The maximum Gasteiger partial charge on any atom is 0.187 e. The number of benzene rings is 2. The monoisotopic (exact) mass is 439 g/mol. The van der Waals surface area contributed by atoms with Gasteiger partial charge in [-0.25, -0.2) is 9.83 Å². The Labute approximate surface area is 195 Å². The van der Waals surface area contributed by atoms with Crippen LogP contribution >= 0.6 is 0 Å². The van der Waals surface area contributed by atoms with Crippen molar-refractivity contribution in [3.8, 4) is 6.07 Å². The highest BCUT2D eigenvalue weighted by atomic mass is 16.3. The Morgan fingerprint density at radius 1 is 1.06 bits per heavy atom. The van der Waals surface area contributed by atoms with Gasteiger partial charge in [0.2, 0.25) is 0 Å². The first kappa shape index (κ1) is 22.7. The fraction of sp³-hybridized carbons (Fsp3) is 0.370. The van der Waals surface area contributed by atoms with Gasteiger partial charge in [0.1, 0.15) is 5.82 Å². The van der Waals surface area contributed by atoms with E-state index in [1.54, 1.807) is 0 Å². The Morgan fingerprint density at radius 2 is 1.73 bits per heavy atom. The van der Waals surface area contributed by atoms with Crippen LogP contribution in [0.3, 0.4) is 0 Å². The number of nitriles is 1. The van der Waals surface area contributed by atoms with E-state index in [-0.39, 0.29) is 12.0 Å². The van der Waals surface area contributed by atoms with Gasteiger partial charge < -0.3 is 9.67 Å². The van der Waals surface area contributed by atoms with Crippen molar-refractivity contribution >= 4 is 5.69 Å². The van der Waals surface area contributed by atoms with Gasteiger partial charge in [-0.1, -0.05) is 36.4 Å². The molecule has 0 saturated carbocycles. The molecule has 0 unspecified atom stereocenters. The summed E-state index contributed by atoms with van der Waals surface area (Å²) in [5.41, 5.74) is 4.74. The third-order valence-electron chi connectivity index (χ3n) is 6.84. The number of imidazole rings is 1. The minimum atomic E-state index is -0.106. The first-order valence-corrected chi connectivity index (χ1v) is 11.3. The van der Waals surface area contributed by atoms with E-state index in [1.807, 2.05) is 61.7 Å². The second-order valence-electron chi connectivity index (χ2n) is 9.08. The molecule has 0 bridgehead atoms. The molecule has 6 nitrogen and oxygen atoms in total. The number of nitrogens with zero attached hydrogens (tertiary/aromatic N) is 5. The first-order valence-electron chi connectivity index (χ1n) is 11.3. The average Bonchev–Trinajstić information content (AvgIpc) is 3.20. The van der Waals surface area contributed by atoms with Gasteiger partial charge in [0.25, 0.3) is 0 Å². The maximum atomic E-state index is 10.2. The molecule has 1 fully saturated rings. The molecule has 1 aliphatic heterocycles. The van der Waals surface area contributed by atoms with Crippen LogP contribution in [-0.4, -0.2) is 39.3 Å². The summed E-state index contributed by atoms with van der Waals surface area (Å²) in [7, 11) is 0. The quantitative estimate of drug-likeness (QED) is 0.551. The highest BCUT2D eigenvalue weighted by molar-refractivity contribution is 5.45. The molecule has 6 heteroatoms. The zero-order chi connectivity index (χ0) is 23.3. The van der Waals surface area contributed by atoms with E-state index in [4.69, 9.17) is 11.8 Å². The molecule has 2 heterocycles. The predicted molar refractivity (Wildman–Crippen MR) is 128 cm³/mol. The van der Waals surface area contributed by atoms with E-state index < -0.39 is 0 Å². The molecule has 0 aliphatic carbocycles. The summed E-state index contributed by atoms with van der Waals surface area (Å²) in [5.74, 6) is 0.988. The number of piperidine rings is 1. The molecular formula is C27H29N5O. The Morgan fingerprint density at radius 3 is 2.33 bits per heavy atom. The number of aromatic nitrogens is 2. The fourth-order valence-electron chi connectivity index (χ4n) is 4.65. The van der Waals surface area contributed by atoms with Crippen molar-refractivity contribution in [2.24, 2.45) is 5.41 Å². The molecule has 168 valence electrons. The molecule has 4 rings (SSSR count). The highest BCUT2D eigenvalue weighted by Gasteiger charge is 2.34. The summed E-state index contributed by atoms with van der Waals surface area (Å²) >= 11 is 0. The molecule has 1 saturated heterocycles. The van der Waals surface area contributed by atoms with E-state index in [2.05, 4.69) is 25.4 Å². The van der Waals surface area contributed by atoms with Crippen LogP contribution in [0, 0.1) is 30.2 Å². The standard InChI is InChI=1S/C27H29N5O/c1-21-30-17-26(32(21)18-24-7-9-25(29-2)10-8-24)19-31-13-11-27(20-33,12-14-31)15-22-3-5-23(16-28)6-4-22/h3-10,17,33H,11-15,18-20H2,1H3. The summed E-state index contributed by atoms with van der Waals surface area (Å²) in [5, 5.41) is 19.2. The highest BCUT2D eigenvalue weighted by Crippen LogP contribution is 2.35. The van der Waals surface area contributed by atoms with Gasteiger partial charge in [0, 0.05) is 25.9 Å². The first-order chi connectivity index (χ1) is 16.0. The van der Waals surface area contributed by atoms with Crippen molar-refractivity contribution in [2.45, 2.75) is 39.3 Å². The summed E-state index contributed by atoms with van der Waals surface area (Å²) in [6.45, 7) is 12.8. The van der Waals surface area contributed by atoms with Gasteiger partial charge in [-0.3, -0.25) is 4.90 Å². The van der Waals surface area contributed by atoms with Crippen LogP contribution in [0.2, 0.25) is 0 Å². The lowest BCUT2D eigenvalue weighted by molar-refractivity contribution is 0.0406. The predicted octanol–water partition coefficient (Wildman–Crippen LogP) is 4.48. The minimum Gasteiger partial charge on any atom is -0.396 e. The molecule has 1 aromatic heterocycles. The molecule has 33 heavy (non-hydrogen) atoms. The summed E-state index contributed by atoms with van der Waals surface area (Å²) in [6, 6.07) is 17.6. The second-order valence-corrected chi connectivity index (χ2v) is 9.08. The second kappa shape index (κ2) is 10.0. The van der Waals surface area contributed by atoms with Gasteiger partial charge in [-0.2, -0.15) is 5.26 Å². The number of hydrogen-bond acceptors (Lipinski definition) is 4. The Balaban J connectivity index is 1.39. The number of hydrogen-bond donors (Lipinski definition) is 1. The van der Waals surface area contributed by atoms with Crippen LogP contribution < -0.4 is 0 Å². The lowest BCUT2D eigenvalue weighted by Gasteiger charge is -2.41. The molecule has 1 N–H and O–H groups in total. The molecule has 1 aliphatic rings. The van der Waals surface area contributed by atoms with E-state index >= 15 is 0 Å². The number of likely N-dealkylation sites (tertiary alicyclic amines) is 1. The van der Waals surface area contributed by atoms with E-state index in [0.717, 1.165) is 56.8 Å². The number of aliphatic hydroxyl groups is 1. The normalized spacial score (nSPS) is 15.6. The van der Waals surface area contributed by atoms with Gasteiger partial charge in [0.05, 0.1) is 23.9 Å². The van der Waals surface area contributed by atoms with Crippen LogP contribution in [0.1, 0.15) is 41.1 Å². The van der Waals surface area contributed by atoms with Gasteiger partial charge >= 0.3 is 0 Å². The number of aliphatic hydroxyl groups excluding tert-OH is 1. The Kier molecular flexibility index (Phi) is 6.89. The SMILES string of the molecule is [C-]#[N+]c1ccc(Cn2c(CN3CCC(CO)(Cc4ccc(C#N)cc4)CC3)cnc2C)cc1. The topological polar surface area (TPSA) is 69.4 Å². The van der Waals surface area contributed by atoms with Crippen LogP contribution in [-0.2, 0) is 19.5 Å². The summed E-state index contributed by atoms with van der Waals surface area (Å²) < 4.78 is 2.25. The van der Waals surface area contributed by atoms with Gasteiger partial charge in [0.15, 0.2) is 5.69 Å². The number of rotatable bonds is 7. The van der Waals surface area contributed by atoms with E-state index in [1.165, 1.54) is 11.3 Å². The van der Waals surface area contributed by atoms with Crippen molar-refractivity contribution < 1.29 is 5.11 Å². The zero-order valence-corrected chi connectivity index (χ0v) is 19.0.